The molecule has 0 amide bonds. The van der Waals surface area contributed by atoms with Gasteiger partial charge in [-0.15, -0.1) is 0 Å². The van der Waals surface area contributed by atoms with Gasteiger partial charge in [0.15, 0.2) is 0 Å². The lowest BCUT2D eigenvalue weighted by Gasteiger charge is -2.08. The van der Waals surface area contributed by atoms with Crippen LogP contribution in [0.15, 0.2) is 35.3 Å². The van der Waals surface area contributed by atoms with Crippen LogP contribution in [-0.4, -0.2) is 34.7 Å². The Kier molecular flexibility index (Phi) is 5.65. The van der Waals surface area contributed by atoms with E-state index in [0.717, 1.165) is 22.6 Å². The van der Waals surface area contributed by atoms with E-state index in [0.29, 0.717) is 31.1 Å². The zero-order valence-electron chi connectivity index (χ0n) is 13.8. The number of hydrogen-bond donors (Lipinski definition) is 2. The van der Waals surface area contributed by atoms with Gasteiger partial charge in [-0.2, -0.15) is 0 Å². The number of rotatable bonds is 7. The molecule has 2 heterocycles. The average molecular weight is 314 g/mol. The number of nitrogens with zero attached hydrogens (tertiary/aromatic N) is 2. The van der Waals surface area contributed by atoms with Crippen molar-refractivity contribution in [2.45, 2.75) is 20.8 Å². The van der Waals surface area contributed by atoms with Gasteiger partial charge in [-0.25, -0.2) is 9.97 Å². The van der Waals surface area contributed by atoms with Crippen molar-refractivity contribution >= 4 is 5.82 Å². The summed E-state index contributed by atoms with van der Waals surface area (Å²) < 4.78 is 5.41. The first-order chi connectivity index (χ1) is 11.0. The molecule has 0 aliphatic carbocycles. The number of aryl methyl sites for hydroxylation is 1. The number of aromatic nitrogens is 3. The summed E-state index contributed by atoms with van der Waals surface area (Å²) in [7, 11) is 0. The second kappa shape index (κ2) is 7.69. The van der Waals surface area contributed by atoms with Crippen LogP contribution < -0.4 is 10.9 Å². The zero-order chi connectivity index (χ0) is 16.8. The van der Waals surface area contributed by atoms with Crippen molar-refractivity contribution in [3.8, 4) is 11.4 Å². The molecule has 0 bridgehead atoms. The Hall–Kier alpha value is -2.47. The lowest BCUT2D eigenvalue weighted by Crippen LogP contribution is -2.14. The molecule has 0 fully saturated rings. The standard InChI is InChI=1S/C17H22N4O2/c1-11(2)10-23-8-7-18-15-6-5-14(9-19-15)16-20-13(4)12(3)17(22)21-16/h5-6,9H,1,7-8,10H2,2-4H3,(H,18,19)(H,20,21,22). The topological polar surface area (TPSA) is 79.9 Å². The molecule has 2 aromatic heterocycles. The minimum absolute atomic E-state index is 0.121. The van der Waals surface area contributed by atoms with Crippen LogP contribution in [0.1, 0.15) is 18.2 Å². The van der Waals surface area contributed by atoms with E-state index in [1.807, 2.05) is 26.0 Å². The molecule has 2 rings (SSSR count). The Balaban J connectivity index is 1.97. The van der Waals surface area contributed by atoms with Crippen LogP contribution in [0.3, 0.4) is 0 Å². The molecule has 0 saturated heterocycles. The van der Waals surface area contributed by atoms with Crippen molar-refractivity contribution < 1.29 is 4.74 Å². The summed E-state index contributed by atoms with van der Waals surface area (Å²) in [6.07, 6.45) is 1.68. The number of H-pyrrole nitrogens is 1. The fourth-order valence-corrected chi connectivity index (χ4v) is 1.92. The SMILES string of the molecule is C=C(C)COCCNc1ccc(-c2nc(C)c(C)c(=O)[nH]2)cn1. The molecule has 0 spiro atoms. The molecule has 6 nitrogen and oxygen atoms in total. The summed E-state index contributed by atoms with van der Waals surface area (Å²) in [5, 5.41) is 3.17. The van der Waals surface area contributed by atoms with Gasteiger partial charge in [-0.1, -0.05) is 12.2 Å². The van der Waals surface area contributed by atoms with Crippen LogP contribution in [0.4, 0.5) is 5.82 Å². The molecule has 23 heavy (non-hydrogen) atoms. The number of nitrogens with one attached hydrogen (secondary N) is 2. The van der Waals surface area contributed by atoms with Crippen molar-refractivity contribution in [1.82, 2.24) is 15.0 Å². The highest BCUT2D eigenvalue weighted by Gasteiger charge is 2.06. The normalized spacial score (nSPS) is 10.6. The van der Waals surface area contributed by atoms with Crippen molar-refractivity contribution in [3.05, 3.63) is 52.1 Å². The third kappa shape index (κ3) is 4.75. The first-order valence-corrected chi connectivity index (χ1v) is 7.47. The highest BCUT2D eigenvalue weighted by atomic mass is 16.5. The summed E-state index contributed by atoms with van der Waals surface area (Å²) in [4.78, 5) is 23.3. The fourth-order valence-electron chi connectivity index (χ4n) is 1.92. The molecule has 0 atom stereocenters. The van der Waals surface area contributed by atoms with E-state index in [2.05, 4.69) is 26.8 Å². The summed E-state index contributed by atoms with van der Waals surface area (Å²) in [5.41, 5.74) is 3.01. The van der Waals surface area contributed by atoms with Crippen molar-refractivity contribution in [2.75, 3.05) is 25.1 Å². The Morgan fingerprint density at radius 2 is 2.17 bits per heavy atom. The minimum atomic E-state index is -0.121. The zero-order valence-corrected chi connectivity index (χ0v) is 13.8. The maximum absolute atomic E-state index is 11.8. The van der Waals surface area contributed by atoms with Crippen LogP contribution in [0, 0.1) is 13.8 Å². The lowest BCUT2D eigenvalue weighted by molar-refractivity contribution is 0.167. The molecular weight excluding hydrogens is 292 g/mol. The quantitative estimate of drug-likeness (QED) is 0.606. The average Bonchev–Trinajstić information content (AvgIpc) is 2.52. The molecular formula is C17H22N4O2. The number of hydrogen-bond acceptors (Lipinski definition) is 5. The van der Waals surface area contributed by atoms with Gasteiger partial charge in [0.25, 0.3) is 5.56 Å². The smallest absolute Gasteiger partial charge is 0.254 e. The Morgan fingerprint density at radius 1 is 1.39 bits per heavy atom. The van der Waals surface area contributed by atoms with E-state index in [9.17, 15) is 4.79 Å². The minimum Gasteiger partial charge on any atom is -0.375 e. The maximum Gasteiger partial charge on any atom is 0.254 e. The third-order valence-corrected chi connectivity index (χ3v) is 3.33. The van der Waals surface area contributed by atoms with Crippen LogP contribution >= 0.6 is 0 Å². The Morgan fingerprint density at radius 3 is 2.78 bits per heavy atom. The fraction of sp³-hybridized carbons (Fsp3) is 0.353. The first-order valence-electron chi connectivity index (χ1n) is 7.47. The molecule has 0 aliphatic heterocycles. The molecule has 2 aromatic rings. The third-order valence-electron chi connectivity index (χ3n) is 3.33. The van der Waals surface area contributed by atoms with E-state index < -0.39 is 0 Å². The predicted molar refractivity (Wildman–Crippen MR) is 91.7 cm³/mol. The summed E-state index contributed by atoms with van der Waals surface area (Å²) >= 11 is 0. The van der Waals surface area contributed by atoms with E-state index in [4.69, 9.17) is 4.74 Å². The molecule has 6 heteroatoms. The molecule has 122 valence electrons. The summed E-state index contributed by atoms with van der Waals surface area (Å²) in [6.45, 7) is 11.1. The van der Waals surface area contributed by atoms with E-state index in [-0.39, 0.29) is 5.56 Å². The molecule has 0 aliphatic rings. The molecule has 0 radical (unpaired) electrons. The number of ether oxygens (including phenoxy) is 1. The number of aromatic amines is 1. The highest BCUT2D eigenvalue weighted by Crippen LogP contribution is 2.15. The van der Waals surface area contributed by atoms with E-state index >= 15 is 0 Å². The van der Waals surface area contributed by atoms with Crippen LogP contribution in [0.25, 0.3) is 11.4 Å². The predicted octanol–water partition coefficient (Wildman–Crippen LogP) is 2.45. The van der Waals surface area contributed by atoms with Crippen molar-refractivity contribution in [1.29, 1.82) is 0 Å². The van der Waals surface area contributed by atoms with Gasteiger partial charge < -0.3 is 15.0 Å². The second-order valence-corrected chi connectivity index (χ2v) is 5.49. The maximum atomic E-state index is 11.8. The van der Waals surface area contributed by atoms with Crippen LogP contribution in [0.5, 0.6) is 0 Å². The van der Waals surface area contributed by atoms with Gasteiger partial charge in [-0.05, 0) is 32.9 Å². The van der Waals surface area contributed by atoms with Crippen LogP contribution in [0.2, 0.25) is 0 Å². The summed E-state index contributed by atoms with van der Waals surface area (Å²) in [6, 6.07) is 3.72. The second-order valence-electron chi connectivity index (χ2n) is 5.49. The monoisotopic (exact) mass is 314 g/mol. The number of anilines is 1. The highest BCUT2D eigenvalue weighted by molar-refractivity contribution is 5.56. The Labute approximate surface area is 135 Å². The van der Waals surface area contributed by atoms with E-state index in [1.165, 1.54) is 0 Å². The molecule has 0 aromatic carbocycles. The van der Waals surface area contributed by atoms with Crippen molar-refractivity contribution in [2.24, 2.45) is 0 Å². The van der Waals surface area contributed by atoms with Crippen LogP contribution in [-0.2, 0) is 4.74 Å². The largest absolute Gasteiger partial charge is 0.375 e. The molecule has 2 N–H and O–H groups in total. The molecule has 0 unspecified atom stereocenters. The molecule has 0 saturated carbocycles. The van der Waals surface area contributed by atoms with Gasteiger partial charge in [0.1, 0.15) is 11.6 Å². The van der Waals surface area contributed by atoms with Crippen molar-refractivity contribution in [3.63, 3.8) is 0 Å². The lowest BCUT2D eigenvalue weighted by atomic mass is 10.2. The number of pyridine rings is 1. The van der Waals surface area contributed by atoms with Gasteiger partial charge in [-0.3, -0.25) is 4.79 Å². The van der Waals surface area contributed by atoms with Gasteiger partial charge >= 0.3 is 0 Å². The van der Waals surface area contributed by atoms with Gasteiger partial charge in [0, 0.05) is 29.6 Å². The van der Waals surface area contributed by atoms with Gasteiger partial charge in [0.05, 0.1) is 13.2 Å². The van der Waals surface area contributed by atoms with Gasteiger partial charge in [0.2, 0.25) is 0 Å². The summed E-state index contributed by atoms with van der Waals surface area (Å²) in [5.74, 6) is 1.28. The Bertz CT molecular complexity index is 735. The first kappa shape index (κ1) is 16.9. The van der Waals surface area contributed by atoms with E-state index in [1.54, 1.807) is 13.1 Å².